The molecule has 21 heavy (non-hydrogen) atoms. The molecular weight excluding hydrogens is 293 g/mol. The van der Waals surface area contributed by atoms with E-state index >= 15 is 0 Å². The van der Waals surface area contributed by atoms with Gasteiger partial charge < -0.3 is 5.32 Å². The quantitative estimate of drug-likeness (QED) is 0.826. The molecule has 0 saturated carbocycles. The predicted molar refractivity (Wildman–Crippen MR) is 65.8 cm³/mol. The molecule has 110 valence electrons. The Bertz CT molecular complexity index is 661. The second-order valence-electron chi connectivity index (χ2n) is 4.19. The summed E-state index contributed by atoms with van der Waals surface area (Å²) in [5, 5.41) is 2.13. The van der Waals surface area contributed by atoms with Gasteiger partial charge in [-0.25, -0.2) is 8.78 Å². The lowest BCUT2D eigenvalue weighted by atomic mass is 10.1. The Labute approximate surface area is 116 Å². The topological polar surface area (TPSA) is 29.1 Å². The van der Waals surface area contributed by atoms with E-state index in [-0.39, 0.29) is 11.3 Å². The summed E-state index contributed by atoms with van der Waals surface area (Å²) in [6.45, 7) is 0. The largest absolute Gasteiger partial charge is 0.416 e. The molecule has 0 heterocycles. The van der Waals surface area contributed by atoms with E-state index in [0.717, 1.165) is 24.3 Å². The molecule has 7 heteroatoms. The maximum Gasteiger partial charge on any atom is 0.416 e. The van der Waals surface area contributed by atoms with Gasteiger partial charge in [-0.05, 0) is 30.3 Å². The van der Waals surface area contributed by atoms with Gasteiger partial charge in [0.05, 0.1) is 5.56 Å². The number of carbonyl (C=O) groups excluding carboxylic acids is 1. The molecule has 0 unspecified atom stereocenters. The van der Waals surface area contributed by atoms with Gasteiger partial charge in [0.2, 0.25) is 0 Å². The summed E-state index contributed by atoms with van der Waals surface area (Å²) < 4.78 is 63.5. The molecule has 0 saturated heterocycles. The van der Waals surface area contributed by atoms with Gasteiger partial charge in [0.15, 0.2) is 0 Å². The van der Waals surface area contributed by atoms with Crippen LogP contribution in [0.15, 0.2) is 42.5 Å². The molecule has 0 radical (unpaired) electrons. The zero-order valence-corrected chi connectivity index (χ0v) is 10.3. The highest BCUT2D eigenvalue weighted by atomic mass is 19.4. The summed E-state index contributed by atoms with van der Waals surface area (Å²) in [5.74, 6) is -2.71. The van der Waals surface area contributed by atoms with E-state index < -0.39 is 29.3 Å². The number of hydrogen-bond donors (Lipinski definition) is 1. The van der Waals surface area contributed by atoms with Crippen LogP contribution in [0.2, 0.25) is 0 Å². The summed E-state index contributed by atoms with van der Waals surface area (Å²) in [6.07, 6.45) is -4.58. The van der Waals surface area contributed by atoms with Crippen molar-refractivity contribution in [2.45, 2.75) is 6.18 Å². The van der Waals surface area contributed by atoms with Crippen molar-refractivity contribution in [1.82, 2.24) is 0 Å². The first-order chi connectivity index (χ1) is 9.75. The van der Waals surface area contributed by atoms with Gasteiger partial charge in [-0.2, -0.15) is 13.2 Å². The number of anilines is 1. The van der Waals surface area contributed by atoms with E-state index in [4.69, 9.17) is 0 Å². The molecule has 1 amide bonds. The lowest BCUT2D eigenvalue weighted by Crippen LogP contribution is -2.14. The number of nitrogens with one attached hydrogen (secondary N) is 1. The zero-order chi connectivity index (χ0) is 15.6. The lowest BCUT2D eigenvalue weighted by molar-refractivity contribution is -0.137. The highest BCUT2D eigenvalue weighted by Crippen LogP contribution is 2.29. The Morgan fingerprint density at radius 1 is 0.952 bits per heavy atom. The Hall–Kier alpha value is -2.44. The van der Waals surface area contributed by atoms with Crippen molar-refractivity contribution < 1.29 is 26.7 Å². The number of halogens is 5. The number of hydrogen-bond acceptors (Lipinski definition) is 1. The van der Waals surface area contributed by atoms with Gasteiger partial charge in [0.25, 0.3) is 5.91 Å². The van der Waals surface area contributed by atoms with Crippen LogP contribution in [0, 0.1) is 11.6 Å². The first-order valence-corrected chi connectivity index (χ1v) is 5.70. The second kappa shape index (κ2) is 5.51. The molecule has 0 aliphatic carbocycles. The number of rotatable bonds is 2. The Balaban J connectivity index is 2.24. The van der Waals surface area contributed by atoms with E-state index in [0.29, 0.717) is 12.1 Å². The zero-order valence-electron chi connectivity index (χ0n) is 10.3. The molecule has 1 N–H and O–H groups in total. The summed E-state index contributed by atoms with van der Waals surface area (Å²) in [4.78, 5) is 11.8. The molecule has 2 nitrogen and oxygen atoms in total. The third kappa shape index (κ3) is 3.77. The average Bonchev–Trinajstić information content (AvgIpc) is 2.36. The van der Waals surface area contributed by atoms with Crippen molar-refractivity contribution in [2.24, 2.45) is 0 Å². The number of benzene rings is 2. The Morgan fingerprint density at radius 3 is 2.14 bits per heavy atom. The van der Waals surface area contributed by atoms with Crippen LogP contribution in [0.25, 0.3) is 0 Å². The minimum absolute atomic E-state index is 0.185. The monoisotopic (exact) mass is 301 g/mol. The predicted octanol–water partition coefficient (Wildman–Crippen LogP) is 4.24. The molecule has 0 aliphatic rings. The van der Waals surface area contributed by atoms with E-state index in [9.17, 15) is 26.7 Å². The molecule has 0 atom stereocenters. The van der Waals surface area contributed by atoms with Gasteiger partial charge >= 0.3 is 6.18 Å². The first-order valence-electron chi connectivity index (χ1n) is 5.70. The smallest absolute Gasteiger partial charge is 0.322 e. The summed E-state index contributed by atoms with van der Waals surface area (Å²) >= 11 is 0. The molecule has 2 rings (SSSR count). The third-order valence-electron chi connectivity index (χ3n) is 2.57. The van der Waals surface area contributed by atoms with Crippen molar-refractivity contribution in [3.63, 3.8) is 0 Å². The SMILES string of the molecule is O=C(Nc1cc(F)cc(F)c1)c1cccc(C(F)(F)F)c1. The summed E-state index contributed by atoms with van der Waals surface area (Å²) in [5.41, 5.74) is -1.44. The normalized spacial score (nSPS) is 11.3. The number of carbonyl (C=O) groups is 1. The summed E-state index contributed by atoms with van der Waals surface area (Å²) in [6, 6.07) is 6.04. The molecule has 0 spiro atoms. The second-order valence-corrected chi connectivity index (χ2v) is 4.19. The number of alkyl halides is 3. The third-order valence-corrected chi connectivity index (χ3v) is 2.57. The highest BCUT2D eigenvalue weighted by molar-refractivity contribution is 6.04. The van der Waals surface area contributed by atoms with Crippen molar-refractivity contribution in [3.8, 4) is 0 Å². The highest BCUT2D eigenvalue weighted by Gasteiger charge is 2.30. The fraction of sp³-hybridized carbons (Fsp3) is 0.0714. The van der Waals surface area contributed by atoms with Crippen molar-refractivity contribution >= 4 is 11.6 Å². The van der Waals surface area contributed by atoms with Gasteiger partial charge in [-0.1, -0.05) is 6.07 Å². The van der Waals surface area contributed by atoms with Gasteiger partial charge in [-0.15, -0.1) is 0 Å². The van der Waals surface area contributed by atoms with Gasteiger partial charge in [0.1, 0.15) is 11.6 Å². The van der Waals surface area contributed by atoms with Crippen LogP contribution in [-0.2, 0) is 6.18 Å². The molecule has 2 aromatic rings. The van der Waals surface area contributed by atoms with E-state index in [2.05, 4.69) is 5.32 Å². The Kier molecular flexibility index (Phi) is 3.93. The maximum absolute atomic E-state index is 13.0. The minimum Gasteiger partial charge on any atom is -0.322 e. The van der Waals surface area contributed by atoms with Crippen LogP contribution in [0.1, 0.15) is 15.9 Å². The fourth-order valence-electron chi connectivity index (χ4n) is 1.67. The molecule has 0 aromatic heterocycles. The molecular formula is C14H8F5NO. The van der Waals surface area contributed by atoms with Crippen LogP contribution >= 0.6 is 0 Å². The van der Waals surface area contributed by atoms with Crippen molar-refractivity contribution in [2.75, 3.05) is 5.32 Å². The lowest BCUT2D eigenvalue weighted by Gasteiger charge is -2.09. The van der Waals surface area contributed by atoms with Crippen LogP contribution in [0.4, 0.5) is 27.6 Å². The standard InChI is InChI=1S/C14H8F5NO/c15-10-5-11(16)7-12(6-10)20-13(21)8-2-1-3-9(4-8)14(17,18)19/h1-7H,(H,20,21). The molecule has 0 fully saturated rings. The number of amides is 1. The average molecular weight is 301 g/mol. The molecule has 2 aromatic carbocycles. The molecule has 0 aliphatic heterocycles. The van der Waals surface area contributed by atoms with Gasteiger partial charge in [0, 0.05) is 17.3 Å². The summed E-state index contributed by atoms with van der Waals surface area (Å²) in [7, 11) is 0. The first kappa shape index (κ1) is 15.0. The maximum atomic E-state index is 13.0. The van der Waals surface area contributed by atoms with Crippen LogP contribution in [-0.4, -0.2) is 5.91 Å². The van der Waals surface area contributed by atoms with E-state index in [1.54, 1.807) is 0 Å². The van der Waals surface area contributed by atoms with Gasteiger partial charge in [-0.3, -0.25) is 4.79 Å². The van der Waals surface area contributed by atoms with E-state index in [1.165, 1.54) is 6.07 Å². The minimum atomic E-state index is -4.58. The van der Waals surface area contributed by atoms with Crippen molar-refractivity contribution in [3.05, 3.63) is 65.2 Å². The van der Waals surface area contributed by atoms with Crippen LogP contribution < -0.4 is 5.32 Å². The van der Waals surface area contributed by atoms with E-state index in [1.807, 2.05) is 0 Å². The Morgan fingerprint density at radius 2 is 1.57 bits per heavy atom. The van der Waals surface area contributed by atoms with Crippen molar-refractivity contribution in [1.29, 1.82) is 0 Å². The molecule has 0 bridgehead atoms. The van der Waals surface area contributed by atoms with Crippen LogP contribution in [0.3, 0.4) is 0 Å². The fourth-order valence-corrected chi connectivity index (χ4v) is 1.67. The van der Waals surface area contributed by atoms with Crippen LogP contribution in [0.5, 0.6) is 0 Å².